The lowest BCUT2D eigenvalue weighted by Gasteiger charge is -2.16. The summed E-state index contributed by atoms with van der Waals surface area (Å²) in [5.41, 5.74) is 0. The number of carbonyl (C=O) groups is 2. The molecule has 0 bridgehead atoms. The highest BCUT2D eigenvalue weighted by atomic mass is 16.4. The van der Waals surface area contributed by atoms with E-state index in [1.54, 1.807) is 0 Å². The van der Waals surface area contributed by atoms with Crippen LogP contribution in [-0.2, 0) is 9.59 Å². The van der Waals surface area contributed by atoms with Crippen molar-refractivity contribution in [3.05, 3.63) is 0 Å². The Kier molecular flexibility index (Phi) is 3.74. The minimum absolute atomic E-state index is 0.546. The standard InChI is InChI=1S/C7H12O4/c1-4(3-8)6(9)5(2)7(10)11/h3-6,9H,1-2H3,(H,10,11). The van der Waals surface area contributed by atoms with E-state index in [1.165, 1.54) is 13.8 Å². The third-order valence-corrected chi connectivity index (χ3v) is 1.66. The van der Waals surface area contributed by atoms with Crippen LogP contribution in [0.5, 0.6) is 0 Å². The van der Waals surface area contributed by atoms with Gasteiger partial charge in [0, 0.05) is 5.92 Å². The van der Waals surface area contributed by atoms with Crippen LogP contribution in [-0.4, -0.2) is 28.6 Å². The molecule has 0 aliphatic heterocycles. The number of hydrogen-bond donors (Lipinski definition) is 2. The number of carboxylic acid groups (broad SMARTS) is 1. The molecule has 4 nitrogen and oxygen atoms in total. The Hall–Kier alpha value is -0.900. The molecule has 0 aromatic carbocycles. The van der Waals surface area contributed by atoms with E-state index in [-0.39, 0.29) is 0 Å². The van der Waals surface area contributed by atoms with Gasteiger partial charge < -0.3 is 15.0 Å². The number of aldehydes is 1. The first kappa shape index (κ1) is 10.1. The predicted octanol–water partition coefficient (Wildman–Crippen LogP) is -0.0970. The van der Waals surface area contributed by atoms with E-state index >= 15 is 0 Å². The summed E-state index contributed by atoms with van der Waals surface area (Å²) in [6.07, 6.45) is -0.547. The van der Waals surface area contributed by atoms with Gasteiger partial charge >= 0.3 is 5.97 Å². The first-order valence-electron chi connectivity index (χ1n) is 3.37. The lowest BCUT2D eigenvalue weighted by Crippen LogP contribution is -2.31. The molecule has 3 unspecified atom stereocenters. The topological polar surface area (TPSA) is 74.6 Å². The van der Waals surface area contributed by atoms with Gasteiger partial charge in [-0.15, -0.1) is 0 Å². The highest BCUT2D eigenvalue weighted by Crippen LogP contribution is 2.10. The number of aliphatic carboxylic acids is 1. The summed E-state index contributed by atoms with van der Waals surface area (Å²) in [5, 5.41) is 17.6. The molecule has 0 aromatic rings. The molecule has 0 spiro atoms. The lowest BCUT2D eigenvalue weighted by atomic mass is 9.95. The quantitative estimate of drug-likeness (QED) is 0.563. The molecule has 0 aliphatic carbocycles. The molecule has 0 rings (SSSR count). The van der Waals surface area contributed by atoms with Crippen LogP contribution < -0.4 is 0 Å². The van der Waals surface area contributed by atoms with Crippen molar-refractivity contribution in [2.24, 2.45) is 11.8 Å². The molecule has 0 saturated carbocycles. The van der Waals surface area contributed by atoms with Crippen molar-refractivity contribution >= 4 is 12.3 Å². The first-order chi connectivity index (χ1) is 5.00. The Balaban J connectivity index is 4.11. The molecule has 3 atom stereocenters. The van der Waals surface area contributed by atoms with E-state index in [4.69, 9.17) is 10.2 Å². The average molecular weight is 160 g/mol. The van der Waals surface area contributed by atoms with Crippen LogP contribution in [0.25, 0.3) is 0 Å². The van der Waals surface area contributed by atoms with Crippen LogP contribution in [0.1, 0.15) is 13.8 Å². The van der Waals surface area contributed by atoms with Crippen molar-refractivity contribution in [3.8, 4) is 0 Å². The van der Waals surface area contributed by atoms with E-state index in [0.717, 1.165) is 0 Å². The monoisotopic (exact) mass is 160 g/mol. The molecule has 4 heteroatoms. The number of rotatable bonds is 4. The molecule has 0 radical (unpaired) electrons. The van der Waals surface area contributed by atoms with Gasteiger partial charge in [0.2, 0.25) is 0 Å². The van der Waals surface area contributed by atoms with Crippen molar-refractivity contribution in [2.75, 3.05) is 0 Å². The van der Waals surface area contributed by atoms with Crippen LogP contribution in [0, 0.1) is 11.8 Å². The molecule has 11 heavy (non-hydrogen) atoms. The molecule has 0 amide bonds. The molecular weight excluding hydrogens is 148 g/mol. The van der Waals surface area contributed by atoms with Gasteiger partial charge in [-0.1, -0.05) is 6.92 Å². The average Bonchev–Trinajstić information content (AvgIpc) is 2.00. The fraction of sp³-hybridized carbons (Fsp3) is 0.714. The Morgan fingerprint density at radius 1 is 1.45 bits per heavy atom. The minimum Gasteiger partial charge on any atom is -0.481 e. The third kappa shape index (κ3) is 2.67. The second-order valence-corrected chi connectivity index (χ2v) is 2.61. The van der Waals surface area contributed by atoms with Crippen LogP contribution >= 0.6 is 0 Å². The Bertz CT molecular complexity index is 155. The molecule has 0 fully saturated rings. The molecule has 0 heterocycles. The van der Waals surface area contributed by atoms with Crippen molar-refractivity contribution in [2.45, 2.75) is 20.0 Å². The van der Waals surface area contributed by atoms with Crippen molar-refractivity contribution in [3.63, 3.8) is 0 Å². The van der Waals surface area contributed by atoms with Gasteiger partial charge in [0.1, 0.15) is 6.29 Å². The predicted molar refractivity (Wildman–Crippen MR) is 38.0 cm³/mol. The van der Waals surface area contributed by atoms with Gasteiger partial charge in [-0.25, -0.2) is 0 Å². The molecule has 0 saturated heterocycles. The molecule has 2 N–H and O–H groups in total. The normalized spacial score (nSPS) is 18.5. The van der Waals surface area contributed by atoms with Crippen LogP contribution in [0.2, 0.25) is 0 Å². The number of carbonyl (C=O) groups excluding carboxylic acids is 1. The number of aliphatic hydroxyl groups is 1. The van der Waals surface area contributed by atoms with Gasteiger partial charge in [0.15, 0.2) is 0 Å². The Morgan fingerprint density at radius 2 is 1.91 bits per heavy atom. The zero-order chi connectivity index (χ0) is 9.02. The van der Waals surface area contributed by atoms with Crippen LogP contribution in [0.15, 0.2) is 0 Å². The van der Waals surface area contributed by atoms with Crippen molar-refractivity contribution < 1.29 is 19.8 Å². The summed E-state index contributed by atoms with van der Waals surface area (Å²) in [7, 11) is 0. The van der Waals surface area contributed by atoms with Crippen LogP contribution in [0.4, 0.5) is 0 Å². The van der Waals surface area contributed by atoms with E-state index in [2.05, 4.69) is 0 Å². The fourth-order valence-electron chi connectivity index (χ4n) is 0.682. The largest absolute Gasteiger partial charge is 0.481 e. The summed E-state index contributed by atoms with van der Waals surface area (Å²) in [4.78, 5) is 20.4. The van der Waals surface area contributed by atoms with E-state index in [9.17, 15) is 9.59 Å². The zero-order valence-corrected chi connectivity index (χ0v) is 6.52. The summed E-state index contributed by atoms with van der Waals surface area (Å²) in [5.74, 6) is -2.61. The van der Waals surface area contributed by atoms with Gasteiger partial charge in [-0.3, -0.25) is 4.79 Å². The number of hydrogen-bond acceptors (Lipinski definition) is 3. The zero-order valence-electron chi connectivity index (χ0n) is 6.52. The highest BCUT2D eigenvalue weighted by Gasteiger charge is 2.25. The summed E-state index contributed by atoms with van der Waals surface area (Å²) < 4.78 is 0. The maximum atomic E-state index is 10.3. The molecular formula is C7H12O4. The fourth-order valence-corrected chi connectivity index (χ4v) is 0.682. The minimum atomic E-state index is -1.09. The highest BCUT2D eigenvalue weighted by molar-refractivity contribution is 5.71. The van der Waals surface area contributed by atoms with Crippen molar-refractivity contribution in [1.29, 1.82) is 0 Å². The van der Waals surface area contributed by atoms with Gasteiger partial charge in [0.05, 0.1) is 12.0 Å². The van der Waals surface area contributed by atoms with E-state index < -0.39 is 23.9 Å². The smallest absolute Gasteiger partial charge is 0.308 e. The molecule has 0 aliphatic rings. The number of carboxylic acids is 1. The van der Waals surface area contributed by atoms with Gasteiger partial charge in [0.25, 0.3) is 0 Å². The van der Waals surface area contributed by atoms with Gasteiger partial charge in [-0.2, -0.15) is 0 Å². The van der Waals surface area contributed by atoms with Crippen LogP contribution in [0.3, 0.4) is 0 Å². The summed E-state index contributed by atoms with van der Waals surface area (Å²) in [6, 6.07) is 0. The molecule has 0 aromatic heterocycles. The Labute approximate surface area is 64.8 Å². The summed E-state index contributed by atoms with van der Waals surface area (Å²) in [6.45, 7) is 2.85. The second-order valence-electron chi connectivity index (χ2n) is 2.61. The Morgan fingerprint density at radius 3 is 2.18 bits per heavy atom. The van der Waals surface area contributed by atoms with E-state index in [1.807, 2.05) is 0 Å². The third-order valence-electron chi connectivity index (χ3n) is 1.66. The lowest BCUT2D eigenvalue weighted by molar-refractivity contribution is -0.146. The first-order valence-corrected chi connectivity index (χ1v) is 3.37. The number of aliphatic hydroxyl groups excluding tert-OH is 1. The van der Waals surface area contributed by atoms with Gasteiger partial charge in [-0.05, 0) is 6.92 Å². The van der Waals surface area contributed by atoms with Crippen molar-refractivity contribution in [1.82, 2.24) is 0 Å². The maximum absolute atomic E-state index is 10.3. The maximum Gasteiger partial charge on any atom is 0.308 e. The van der Waals surface area contributed by atoms with E-state index in [0.29, 0.717) is 6.29 Å². The molecule has 64 valence electrons. The summed E-state index contributed by atoms with van der Waals surface area (Å²) >= 11 is 0. The second kappa shape index (κ2) is 4.08. The SMILES string of the molecule is CC(C=O)C(O)C(C)C(=O)O.